The molecule has 0 bridgehead atoms. The number of aromatic nitrogens is 1. The van der Waals surface area contributed by atoms with Crippen LogP contribution < -0.4 is 4.74 Å². The monoisotopic (exact) mass is 247 g/mol. The van der Waals surface area contributed by atoms with E-state index in [-0.39, 0.29) is 5.78 Å². The molecule has 3 nitrogen and oxygen atoms in total. The zero-order valence-electron chi connectivity index (χ0n) is 9.55. The minimum absolute atomic E-state index is 0.179. The molecule has 88 valence electrons. The van der Waals surface area contributed by atoms with Gasteiger partial charge in [-0.05, 0) is 6.07 Å². The van der Waals surface area contributed by atoms with Crippen molar-refractivity contribution in [2.45, 2.75) is 12.8 Å². The van der Waals surface area contributed by atoms with E-state index in [0.717, 1.165) is 16.2 Å². The number of rotatable bonds is 5. The van der Waals surface area contributed by atoms with Gasteiger partial charge in [-0.2, -0.15) is 0 Å². The molecule has 0 aliphatic heterocycles. The molecule has 4 heteroatoms. The highest BCUT2D eigenvalue weighted by atomic mass is 32.1. The van der Waals surface area contributed by atoms with Crippen LogP contribution >= 0.6 is 11.3 Å². The summed E-state index contributed by atoms with van der Waals surface area (Å²) in [6.45, 7) is 0. The quantitative estimate of drug-likeness (QED) is 0.815. The highest BCUT2D eigenvalue weighted by Crippen LogP contribution is 2.19. The highest BCUT2D eigenvalue weighted by Gasteiger charge is 2.09. The number of nitrogens with zero attached hydrogens (tertiary/aromatic N) is 1. The standard InChI is InChI=1S/C13H13NO2S/c1-16-13-5-3-2-4-10(13)6-11(15)7-12-8-14-9-17-12/h2-5,8-9H,6-7H2,1H3. The molecule has 2 rings (SSSR count). The molecule has 0 aliphatic carbocycles. The number of para-hydroxylation sites is 1. The zero-order chi connectivity index (χ0) is 12.1. The number of benzene rings is 1. The molecule has 0 N–H and O–H groups in total. The third-order valence-corrected chi connectivity index (χ3v) is 3.21. The minimum Gasteiger partial charge on any atom is -0.496 e. The Morgan fingerprint density at radius 1 is 1.35 bits per heavy atom. The van der Waals surface area contributed by atoms with Crippen molar-refractivity contribution >= 4 is 17.1 Å². The Hall–Kier alpha value is -1.68. The second kappa shape index (κ2) is 5.59. The van der Waals surface area contributed by atoms with Crippen LogP contribution in [0, 0.1) is 0 Å². The van der Waals surface area contributed by atoms with E-state index >= 15 is 0 Å². The number of methoxy groups -OCH3 is 1. The molecule has 0 radical (unpaired) electrons. The van der Waals surface area contributed by atoms with Crippen molar-refractivity contribution in [3.63, 3.8) is 0 Å². The van der Waals surface area contributed by atoms with Crippen LogP contribution in [-0.4, -0.2) is 17.9 Å². The summed E-state index contributed by atoms with van der Waals surface area (Å²) < 4.78 is 5.22. The number of hydrogen-bond acceptors (Lipinski definition) is 4. The first-order valence-electron chi connectivity index (χ1n) is 5.30. The molecule has 17 heavy (non-hydrogen) atoms. The maximum absolute atomic E-state index is 11.9. The number of thiazole rings is 1. The van der Waals surface area contributed by atoms with Crippen molar-refractivity contribution in [1.82, 2.24) is 4.98 Å². The summed E-state index contributed by atoms with van der Waals surface area (Å²) in [5.74, 6) is 0.948. The molecular weight excluding hydrogens is 234 g/mol. The van der Waals surface area contributed by atoms with Crippen LogP contribution in [0.5, 0.6) is 5.75 Å². The fourth-order valence-corrected chi connectivity index (χ4v) is 2.27. The first-order chi connectivity index (χ1) is 8.29. The number of Topliss-reactive ketones (excluding diaryl/α,β-unsaturated/α-hetero) is 1. The van der Waals surface area contributed by atoms with Gasteiger partial charge in [-0.1, -0.05) is 18.2 Å². The topological polar surface area (TPSA) is 39.2 Å². The van der Waals surface area contributed by atoms with Crippen molar-refractivity contribution in [1.29, 1.82) is 0 Å². The average molecular weight is 247 g/mol. The van der Waals surface area contributed by atoms with Gasteiger partial charge >= 0.3 is 0 Å². The maximum Gasteiger partial charge on any atom is 0.142 e. The van der Waals surface area contributed by atoms with Gasteiger partial charge in [0.1, 0.15) is 11.5 Å². The molecule has 0 atom stereocenters. The SMILES string of the molecule is COc1ccccc1CC(=O)Cc1cncs1. The number of ether oxygens (including phenoxy) is 1. The Labute approximate surface area is 104 Å². The van der Waals surface area contributed by atoms with Crippen LogP contribution in [0.1, 0.15) is 10.4 Å². The summed E-state index contributed by atoms with van der Waals surface area (Å²) in [6.07, 6.45) is 2.59. The molecule has 0 aliphatic rings. The maximum atomic E-state index is 11.9. The van der Waals surface area contributed by atoms with Crippen LogP contribution in [0.25, 0.3) is 0 Å². The van der Waals surface area contributed by atoms with Crippen LogP contribution in [-0.2, 0) is 17.6 Å². The van der Waals surface area contributed by atoms with Gasteiger partial charge < -0.3 is 4.74 Å². The van der Waals surface area contributed by atoms with Crippen molar-refractivity contribution in [2.75, 3.05) is 7.11 Å². The van der Waals surface area contributed by atoms with Crippen molar-refractivity contribution in [3.05, 3.63) is 46.4 Å². The number of ketones is 1. The number of carbonyl (C=O) groups is 1. The second-order valence-corrected chi connectivity index (χ2v) is 4.64. The lowest BCUT2D eigenvalue weighted by molar-refractivity contribution is -0.117. The molecule has 0 spiro atoms. The van der Waals surface area contributed by atoms with Crippen molar-refractivity contribution in [2.24, 2.45) is 0 Å². The van der Waals surface area contributed by atoms with Gasteiger partial charge in [0.2, 0.25) is 0 Å². The zero-order valence-corrected chi connectivity index (χ0v) is 10.4. The van der Waals surface area contributed by atoms with E-state index in [1.807, 2.05) is 24.3 Å². The third-order valence-electron chi connectivity index (χ3n) is 2.44. The van der Waals surface area contributed by atoms with E-state index in [1.54, 1.807) is 18.8 Å². The third kappa shape index (κ3) is 3.14. The summed E-state index contributed by atoms with van der Waals surface area (Å²) >= 11 is 1.51. The van der Waals surface area contributed by atoms with E-state index < -0.39 is 0 Å². The molecule has 0 saturated heterocycles. The second-order valence-electron chi connectivity index (χ2n) is 3.67. The lowest BCUT2D eigenvalue weighted by Crippen LogP contribution is -2.06. The first-order valence-corrected chi connectivity index (χ1v) is 6.18. The molecule has 1 aromatic carbocycles. The Morgan fingerprint density at radius 3 is 2.88 bits per heavy atom. The van der Waals surface area contributed by atoms with Crippen LogP contribution in [0.2, 0.25) is 0 Å². The Morgan fingerprint density at radius 2 is 2.18 bits per heavy atom. The molecule has 0 amide bonds. The largest absolute Gasteiger partial charge is 0.496 e. The van der Waals surface area contributed by atoms with Gasteiger partial charge in [-0.15, -0.1) is 11.3 Å². The van der Waals surface area contributed by atoms with Gasteiger partial charge in [0.25, 0.3) is 0 Å². The minimum atomic E-state index is 0.179. The molecule has 0 unspecified atom stereocenters. The van der Waals surface area contributed by atoms with Crippen LogP contribution in [0.15, 0.2) is 36.0 Å². The van der Waals surface area contributed by atoms with Gasteiger partial charge in [-0.3, -0.25) is 9.78 Å². The van der Waals surface area contributed by atoms with E-state index in [2.05, 4.69) is 4.98 Å². The summed E-state index contributed by atoms with van der Waals surface area (Å²) in [7, 11) is 1.62. The summed E-state index contributed by atoms with van der Waals surface area (Å²) in [5.41, 5.74) is 2.68. The van der Waals surface area contributed by atoms with Gasteiger partial charge in [-0.25, -0.2) is 0 Å². The molecule has 2 aromatic rings. The molecule has 1 aromatic heterocycles. The first kappa shape index (κ1) is 11.8. The van der Waals surface area contributed by atoms with E-state index in [1.165, 1.54) is 11.3 Å². The number of hydrogen-bond donors (Lipinski definition) is 0. The predicted octanol–water partition coefficient (Wildman–Crippen LogP) is 2.51. The summed E-state index contributed by atoms with van der Waals surface area (Å²) in [5, 5.41) is 0. The van der Waals surface area contributed by atoms with Crippen LogP contribution in [0.3, 0.4) is 0 Å². The molecule has 0 fully saturated rings. The summed E-state index contributed by atoms with van der Waals surface area (Å²) in [4.78, 5) is 16.8. The predicted molar refractivity (Wildman–Crippen MR) is 67.5 cm³/mol. The van der Waals surface area contributed by atoms with Crippen molar-refractivity contribution < 1.29 is 9.53 Å². The normalized spacial score (nSPS) is 10.2. The molecular formula is C13H13NO2S. The highest BCUT2D eigenvalue weighted by molar-refractivity contribution is 7.09. The van der Waals surface area contributed by atoms with E-state index in [9.17, 15) is 4.79 Å². The van der Waals surface area contributed by atoms with Gasteiger partial charge in [0.15, 0.2) is 0 Å². The van der Waals surface area contributed by atoms with Crippen molar-refractivity contribution in [3.8, 4) is 5.75 Å². The average Bonchev–Trinajstić information content (AvgIpc) is 2.82. The Balaban J connectivity index is 2.03. The van der Waals surface area contributed by atoms with E-state index in [0.29, 0.717) is 12.8 Å². The number of carbonyl (C=O) groups excluding carboxylic acids is 1. The lowest BCUT2D eigenvalue weighted by atomic mass is 10.1. The van der Waals surface area contributed by atoms with Gasteiger partial charge in [0, 0.05) is 29.5 Å². The van der Waals surface area contributed by atoms with Gasteiger partial charge in [0.05, 0.1) is 12.6 Å². The molecule has 1 heterocycles. The fraction of sp³-hybridized carbons (Fsp3) is 0.231. The Bertz CT molecular complexity index is 494. The lowest BCUT2D eigenvalue weighted by Gasteiger charge is -2.06. The Kier molecular flexibility index (Phi) is 3.88. The summed E-state index contributed by atoms with van der Waals surface area (Å²) in [6, 6.07) is 7.60. The van der Waals surface area contributed by atoms with Crippen LogP contribution in [0.4, 0.5) is 0 Å². The molecule has 0 saturated carbocycles. The fourth-order valence-electron chi connectivity index (χ4n) is 1.65. The smallest absolute Gasteiger partial charge is 0.142 e. The van der Waals surface area contributed by atoms with E-state index in [4.69, 9.17) is 4.74 Å².